The predicted octanol–water partition coefficient (Wildman–Crippen LogP) is 2.20. The van der Waals surface area contributed by atoms with Crippen LogP contribution < -0.4 is 0 Å². The molecule has 0 spiro atoms. The van der Waals surface area contributed by atoms with Crippen LogP contribution in [0.5, 0.6) is 0 Å². The lowest BCUT2D eigenvalue weighted by Gasteiger charge is -2.32. The second-order valence-electron chi connectivity index (χ2n) is 6.00. The summed E-state index contributed by atoms with van der Waals surface area (Å²) in [6, 6.07) is 1.90. The van der Waals surface area contributed by atoms with E-state index in [1.165, 1.54) is 23.8 Å². The lowest BCUT2D eigenvalue weighted by molar-refractivity contribution is 0.0710. The van der Waals surface area contributed by atoms with Crippen LogP contribution in [0.1, 0.15) is 39.7 Å². The largest absolute Gasteiger partial charge is 0.337 e. The minimum absolute atomic E-state index is 0.0215. The van der Waals surface area contributed by atoms with Gasteiger partial charge in [0.2, 0.25) is 0 Å². The lowest BCUT2D eigenvalue weighted by Crippen LogP contribution is -2.39. The molecule has 6 nitrogen and oxygen atoms in total. The number of carbonyl (C=O) groups is 1. The molecule has 3 rings (SSSR count). The number of amides is 1. The monoisotopic (exact) mass is 353 g/mol. The Hall–Kier alpha value is -1.67. The number of thiophene rings is 1. The molecule has 124 valence electrons. The minimum Gasteiger partial charge on any atom is -0.337 e. The number of aryl methyl sites for hydroxylation is 1. The summed E-state index contributed by atoms with van der Waals surface area (Å²) in [5.74, 6) is -0.00537. The molecule has 3 heterocycles. The van der Waals surface area contributed by atoms with Crippen LogP contribution in [0.25, 0.3) is 0 Å². The second-order valence-corrected chi connectivity index (χ2v) is 8.89. The predicted molar refractivity (Wildman–Crippen MR) is 88.6 cm³/mol. The molecule has 2 aromatic heterocycles. The highest BCUT2D eigenvalue weighted by Gasteiger charge is 2.30. The minimum atomic E-state index is -3.32. The summed E-state index contributed by atoms with van der Waals surface area (Å²) in [4.78, 5) is 15.4. The van der Waals surface area contributed by atoms with Gasteiger partial charge in [0, 0.05) is 25.3 Å². The van der Waals surface area contributed by atoms with E-state index >= 15 is 0 Å². The van der Waals surface area contributed by atoms with Crippen molar-refractivity contribution in [2.45, 2.75) is 30.6 Å². The summed E-state index contributed by atoms with van der Waals surface area (Å²) in [5.41, 5.74) is 1.70. The van der Waals surface area contributed by atoms with Crippen molar-refractivity contribution in [2.24, 2.45) is 0 Å². The Morgan fingerprint density at radius 1 is 1.48 bits per heavy atom. The van der Waals surface area contributed by atoms with Crippen molar-refractivity contribution in [3.05, 3.63) is 33.8 Å². The summed E-state index contributed by atoms with van der Waals surface area (Å²) in [5, 5.41) is 8.67. The Morgan fingerprint density at radius 2 is 2.26 bits per heavy atom. The number of hydrogen-bond acceptors (Lipinski definition) is 5. The van der Waals surface area contributed by atoms with Crippen LogP contribution in [0.2, 0.25) is 0 Å². The second kappa shape index (κ2) is 6.09. The van der Waals surface area contributed by atoms with Crippen molar-refractivity contribution in [3.8, 4) is 0 Å². The van der Waals surface area contributed by atoms with Gasteiger partial charge in [-0.2, -0.15) is 5.10 Å². The first-order chi connectivity index (χ1) is 10.9. The highest BCUT2D eigenvalue weighted by Crippen LogP contribution is 2.31. The molecular formula is C15H19N3O3S2. The fourth-order valence-corrected chi connectivity index (χ4v) is 4.69. The summed E-state index contributed by atoms with van der Waals surface area (Å²) < 4.78 is 23.7. The van der Waals surface area contributed by atoms with Gasteiger partial charge in [-0.25, -0.2) is 8.42 Å². The Labute approximate surface area is 139 Å². The number of sulfone groups is 1. The van der Waals surface area contributed by atoms with Crippen molar-refractivity contribution < 1.29 is 13.2 Å². The van der Waals surface area contributed by atoms with E-state index in [-0.39, 0.29) is 16.7 Å². The van der Waals surface area contributed by atoms with Gasteiger partial charge in [-0.3, -0.25) is 9.89 Å². The van der Waals surface area contributed by atoms with Gasteiger partial charge >= 0.3 is 0 Å². The zero-order valence-electron chi connectivity index (χ0n) is 13.1. The molecule has 0 aliphatic carbocycles. The van der Waals surface area contributed by atoms with Gasteiger partial charge in [-0.1, -0.05) is 0 Å². The van der Waals surface area contributed by atoms with E-state index in [1.54, 1.807) is 0 Å². The van der Waals surface area contributed by atoms with Crippen molar-refractivity contribution in [1.82, 2.24) is 15.1 Å². The van der Waals surface area contributed by atoms with E-state index in [2.05, 4.69) is 10.2 Å². The van der Waals surface area contributed by atoms with Gasteiger partial charge in [0.25, 0.3) is 5.91 Å². The average molecular weight is 353 g/mol. The molecule has 0 radical (unpaired) electrons. The zero-order chi connectivity index (χ0) is 16.6. The fraction of sp³-hybridized carbons (Fsp3) is 0.467. The maximum atomic E-state index is 12.6. The van der Waals surface area contributed by atoms with E-state index in [1.807, 2.05) is 23.3 Å². The molecule has 2 aromatic rings. The number of aromatic amines is 1. The van der Waals surface area contributed by atoms with Crippen molar-refractivity contribution in [1.29, 1.82) is 0 Å². The first-order valence-corrected chi connectivity index (χ1v) is 10.2. The standard InChI is InChI=1S/C15H19N3O3S2/c1-10-6-12(22-9-10)15(19)18-5-3-4-11(8-18)14-13(7-16-17-14)23(2,20)21/h6-7,9,11H,3-5,8H2,1-2H3,(H,16,17)/t11-/m0/s1. The van der Waals surface area contributed by atoms with Crippen molar-refractivity contribution in [2.75, 3.05) is 19.3 Å². The molecular weight excluding hydrogens is 334 g/mol. The molecule has 1 atom stereocenters. The van der Waals surface area contributed by atoms with E-state index < -0.39 is 9.84 Å². The van der Waals surface area contributed by atoms with Crippen LogP contribution in [0.4, 0.5) is 0 Å². The maximum absolute atomic E-state index is 12.6. The molecule has 8 heteroatoms. The van der Waals surface area contributed by atoms with Crippen LogP contribution in [0.15, 0.2) is 22.5 Å². The van der Waals surface area contributed by atoms with Gasteiger partial charge in [-0.05, 0) is 36.8 Å². The average Bonchev–Trinajstić information content (AvgIpc) is 3.15. The van der Waals surface area contributed by atoms with Gasteiger partial charge in [0.05, 0.1) is 16.8 Å². The maximum Gasteiger partial charge on any atom is 0.263 e. The molecule has 1 aliphatic rings. The number of nitrogens with one attached hydrogen (secondary N) is 1. The molecule has 0 aromatic carbocycles. The first kappa shape index (κ1) is 16.2. The number of likely N-dealkylation sites (tertiary alicyclic amines) is 1. The van der Waals surface area contributed by atoms with Gasteiger partial charge in [0.15, 0.2) is 9.84 Å². The van der Waals surface area contributed by atoms with Crippen LogP contribution in [0, 0.1) is 6.92 Å². The summed E-state index contributed by atoms with van der Waals surface area (Å²) in [6.07, 6.45) is 4.23. The smallest absolute Gasteiger partial charge is 0.263 e. The molecule has 1 aliphatic heterocycles. The molecule has 1 saturated heterocycles. The third-order valence-electron chi connectivity index (χ3n) is 4.09. The summed E-state index contributed by atoms with van der Waals surface area (Å²) in [6.45, 7) is 3.18. The molecule has 0 saturated carbocycles. The Balaban J connectivity index is 1.82. The summed E-state index contributed by atoms with van der Waals surface area (Å²) in [7, 11) is -3.32. The highest BCUT2D eigenvalue weighted by molar-refractivity contribution is 7.90. The SMILES string of the molecule is Cc1csc(C(=O)N2CCC[C@H](c3[nH]ncc3S(C)(=O)=O)C2)c1. The zero-order valence-corrected chi connectivity index (χ0v) is 14.7. The van der Waals surface area contributed by atoms with Gasteiger partial charge < -0.3 is 4.90 Å². The summed E-state index contributed by atoms with van der Waals surface area (Å²) >= 11 is 1.45. The van der Waals surface area contributed by atoms with Gasteiger partial charge in [-0.15, -0.1) is 11.3 Å². The Morgan fingerprint density at radius 3 is 2.91 bits per heavy atom. The van der Waals surface area contributed by atoms with E-state index in [0.29, 0.717) is 18.8 Å². The molecule has 23 heavy (non-hydrogen) atoms. The molecule has 1 fully saturated rings. The van der Waals surface area contributed by atoms with E-state index in [4.69, 9.17) is 0 Å². The molecule has 0 unspecified atom stereocenters. The number of carbonyl (C=O) groups excluding carboxylic acids is 1. The molecule has 1 N–H and O–H groups in total. The van der Waals surface area contributed by atoms with Crippen molar-refractivity contribution >= 4 is 27.1 Å². The number of hydrogen-bond donors (Lipinski definition) is 1. The normalized spacial score (nSPS) is 19.0. The topological polar surface area (TPSA) is 83.1 Å². The van der Waals surface area contributed by atoms with Crippen LogP contribution in [-0.4, -0.2) is 48.8 Å². The first-order valence-electron chi connectivity index (χ1n) is 7.44. The Bertz CT molecular complexity index is 823. The van der Waals surface area contributed by atoms with E-state index in [9.17, 15) is 13.2 Å². The third kappa shape index (κ3) is 3.32. The highest BCUT2D eigenvalue weighted by atomic mass is 32.2. The Kier molecular flexibility index (Phi) is 4.29. The van der Waals surface area contributed by atoms with Crippen molar-refractivity contribution in [3.63, 3.8) is 0 Å². The quantitative estimate of drug-likeness (QED) is 0.917. The number of piperidine rings is 1. The van der Waals surface area contributed by atoms with Crippen LogP contribution in [0.3, 0.4) is 0 Å². The number of nitrogens with zero attached hydrogens (tertiary/aromatic N) is 2. The van der Waals surface area contributed by atoms with Crippen LogP contribution >= 0.6 is 11.3 Å². The fourth-order valence-electron chi connectivity index (χ4n) is 2.97. The molecule has 1 amide bonds. The third-order valence-corrected chi connectivity index (χ3v) is 6.25. The number of rotatable bonds is 3. The van der Waals surface area contributed by atoms with Crippen LogP contribution in [-0.2, 0) is 9.84 Å². The molecule has 0 bridgehead atoms. The number of H-pyrrole nitrogens is 1. The van der Waals surface area contributed by atoms with E-state index in [0.717, 1.165) is 23.3 Å². The van der Waals surface area contributed by atoms with Gasteiger partial charge in [0.1, 0.15) is 4.90 Å². The number of aromatic nitrogens is 2. The lowest BCUT2D eigenvalue weighted by atomic mass is 9.94.